The van der Waals surface area contributed by atoms with Gasteiger partial charge in [-0.3, -0.25) is 18.3 Å². The van der Waals surface area contributed by atoms with Gasteiger partial charge in [0.15, 0.2) is 21.4 Å². The maximum atomic E-state index is 15.9. The first-order valence-corrected chi connectivity index (χ1v) is 53.7. The van der Waals surface area contributed by atoms with E-state index in [0.29, 0.717) is 0 Å². The molecule has 3 aliphatic rings. The molecule has 0 saturated heterocycles. The lowest BCUT2D eigenvalue weighted by atomic mass is 9.91. The van der Waals surface area contributed by atoms with E-state index in [9.17, 15) is 0 Å². The third-order valence-electron chi connectivity index (χ3n) is 28.9. The van der Waals surface area contributed by atoms with E-state index in [1.165, 1.54) is 54.2 Å². The van der Waals surface area contributed by atoms with E-state index in [1.54, 1.807) is 0 Å². The van der Waals surface area contributed by atoms with Crippen LogP contribution >= 0.6 is 21.4 Å². The fourth-order valence-electron chi connectivity index (χ4n) is 22.0. The summed E-state index contributed by atoms with van der Waals surface area (Å²) < 4.78 is 56.0. The number of aryl methyl sites for hydroxylation is 3. The maximum Gasteiger partial charge on any atom is 0.175 e. The Bertz CT molecular complexity index is 9520. The van der Waals surface area contributed by atoms with E-state index in [4.69, 9.17) is 19.9 Å². The molecule has 0 spiro atoms. The van der Waals surface area contributed by atoms with Gasteiger partial charge >= 0.3 is 0 Å². The number of benzene rings is 21. The van der Waals surface area contributed by atoms with Gasteiger partial charge in [0.05, 0.1) is 61.2 Å². The highest BCUT2D eigenvalue weighted by Gasteiger charge is 2.44. The van der Waals surface area contributed by atoms with Crippen LogP contribution in [0.4, 0.5) is 0 Å². The van der Waals surface area contributed by atoms with Gasteiger partial charge in [-0.25, -0.2) is 19.9 Å². The number of imidazole rings is 4. The van der Waals surface area contributed by atoms with Crippen LogP contribution in [-0.2, 0) is 33.0 Å². The highest BCUT2D eigenvalue weighted by Crippen LogP contribution is 2.55. The van der Waals surface area contributed by atoms with Crippen molar-refractivity contribution in [2.45, 2.75) is 40.0 Å². The molecule has 0 bridgehead atoms. The first kappa shape index (κ1) is 85.6. The van der Waals surface area contributed by atoms with Crippen LogP contribution in [0.25, 0.3) is 188 Å². The van der Waals surface area contributed by atoms with Crippen LogP contribution in [0.1, 0.15) is 38.2 Å². The third-order valence-corrected chi connectivity index (χ3v) is 38.2. The van der Waals surface area contributed by atoms with Gasteiger partial charge in [-0.2, -0.15) is 0 Å². The number of aromatic nitrogens is 8. The second kappa shape index (κ2) is 34.4. The van der Waals surface area contributed by atoms with Gasteiger partial charge in [0, 0.05) is 78.3 Å². The smallest absolute Gasteiger partial charge is 0.175 e. The predicted molar refractivity (Wildman–Crippen MR) is 593 cm³/mol. The number of para-hydroxylation sites is 6. The summed E-state index contributed by atoms with van der Waals surface area (Å²) in [6.07, 6.45) is 2.31. The number of rotatable bonds is 14. The SMILES string of the molecule is CCc1nc2cc(-c3cc(-c4ccc5ccccc5c4)cc(-c4ccc5ccccc5c4)c3)cc3c2n1-c1ccccc1P3(=O)c1ccccc1.CCc1nc2cc(-c3ccc(-c4nc5ccccc5n4-c4ccccc4)cc3)cc3c2n1-c1ccccc1P3(=O)c1ccccc1.CCc1nc2cc(-c3ccc4cc(-c5ccc6ccccc6c5)ccc4c3)cc3c2n1-c1ccccc1P3(=O)c1ccccc1. The number of hydrogen-bond donors (Lipinski definition) is 0. The molecule has 7 heterocycles. The van der Waals surface area contributed by atoms with Gasteiger partial charge < -0.3 is 13.7 Å². The highest BCUT2D eigenvalue weighted by atomic mass is 31.2. The average Bonchev–Trinajstić information content (AvgIpc) is 1.48. The van der Waals surface area contributed by atoms with Crippen molar-refractivity contribution < 1.29 is 13.7 Å². The van der Waals surface area contributed by atoms with Crippen LogP contribution < -0.4 is 47.7 Å². The van der Waals surface area contributed by atoms with Crippen molar-refractivity contribution in [1.29, 1.82) is 0 Å². The van der Waals surface area contributed by atoms with Crippen molar-refractivity contribution in [2.75, 3.05) is 0 Å². The van der Waals surface area contributed by atoms with Crippen LogP contribution in [0.15, 0.2) is 461 Å². The Hall–Kier alpha value is -16.8. The van der Waals surface area contributed by atoms with Crippen LogP contribution in [-0.4, -0.2) is 38.2 Å². The first-order chi connectivity index (χ1) is 69.8. The monoisotopic (exact) mass is 1880 g/mol. The Morgan fingerprint density at radius 1 is 0.197 bits per heavy atom. The van der Waals surface area contributed by atoms with Crippen molar-refractivity contribution in [2.24, 2.45) is 0 Å². The Balaban J connectivity index is 0.000000109. The van der Waals surface area contributed by atoms with Gasteiger partial charge in [-0.15, -0.1) is 0 Å². The summed E-state index contributed by atoms with van der Waals surface area (Å²) in [7, 11) is -9.64. The molecule has 3 atom stereocenters. The molecule has 11 nitrogen and oxygen atoms in total. The Kier molecular flexibility index (Phi) is 20.7. The van der Waals surface area contributed by atoms with Crippen LogP contribution in [0.3, 0.4) is 0 Å². The summed E-state index contributed by atoms with van der Waals surface area (Å²) in [5.74, 6) is 3.81. The molecular weight excluding hydrogens is 1790 g/mol. The molecule has 0 saturated carbocycles. The molecule has 28 rings (SSSR count). The van der Waals surface area contributed by atoms with Crippen molar-refractivity contribution in [1.82, 2.24) is 38.2 Å². The molecule has 676 valence electrons. The molecular formula is C128H91N8O3P3. The maximum absolute atomic E-state index is 15.9. The van der Waals surface area contributed by atoms with Crippen molar-refractivity contribution >= 4 is 156 Å². The fourth-order valence-corrected chi connectivity index (χ4v) is 31.1. The van der Waals surface area contributed by atoms with Crippen LogP contribution in [0.5, 0.6) is 0 Å². The zero-order valence-corrected chi connectivity index (χ0v) is 80.8. The number of hydrogen-bond acceptors (Lipinski definition) is 7. The van der Waals surface area contributed by atoms with Crippen molar-refractivity contribution in [3.63, 3.8) is 0 Å². The molecule has 0 N–H and O–H groups in total. The van der Waals surface area contributed by atoms with Crippen molar-refractivity contribution in [3.05, 3.63) is 479 Å². The van der Waals surface area contributed by atoms with Crippen LogP contribution in [0.2, 0.25) is 0 Å². The van der Waals surface area contributed by atoms with Crippen molar-refractivity contribution in [3.8, 4) is 101 Å². The normalized spacial score (nSPS) is 15.3. The van der Waals surface area contributed by atoms with Gasteiger partial charge in [0.1, 0.15) is 23.3 Å². The molecule has 25 aromatic rings. The fraction of sp³-hybridized carbons (Fsp3) is 0.0469. The Labute approximate surface area is 821 Å². The standard InChI is InChI=1S/C47H33N2OP.C41H29N2OP.C40H29N4OP/c1-2-46-48-42-29-40(30-45-47(42)49(46)43-18-10-11-19-44(43)51(45,50)41-16-4-3-5-17-41)39-27-37(35-22-20-31-12-6-8-14-33(31)24-35)26-38(28-39)36-23-21-32-13-7-9-15-34(32)25-36;1-2-40-42-36-25-34(26-39-41(36)43(40)37-14-8-9-15-38(37)45(39,44)35-12-4-3-5-13-35)33-21-20-31-23-30(18-19-32(31)24-33)29-17-16-27-10-6-7-11-28(27)22-29;1-2-38-41-33-25-29(26-37-39(33)44(38)35-19-11-12-20-36(35)46(37,45)31-15-7-4-8-16-31)27-21-23-28(24-22-27)40-42-32-17-9-10-18-34(32)43(40)30-13-5-3-6-14-30/h3-30H,2H2,1H3;3-26H,2H2,1H3;3-26H,2H2,1H3. The van der Waals surface area contributed by atoms with E-state index in [2.05, 4.69) is 342 Å². The van der Waals surface area contributed by atoms with E-state index in [-0.39, 0.29) is 0 Å². The minimum atomic E-state index is -3.26. The number of fused-ring (bicyclic) bond motifs is 11. The lowest BCUT2D eigenvalue weighted by molar-refractivity contribution is 0.591. The first-order valence-electron chi connectivity index (χ1n) is 48.6. The lowest BCUT2D eigenvalue weighted by Crippen LogP contribution is -2.33. The summed E-state index contributed by atoms with van der Waals surface area (Å²) in [5.41, 5.74) is 25.7. The molecule has 0 aliphatic carbocycles. The summed E-state index contributed by atoms with van der Waals surface area (Å²) >= 11 is 0. The zero-order valence-electron chi connectivity index (χ0n) is 78.1. The second-order valence-electron chi connectivity index (χ2n) is 37.0. The minimum Gasteiger partial charge on any atom is -0.308 e. The van der Waals surface area contributed by atoms with E-state index in [1.807, 2.05) is 158 Å². The summed E-state index contributed by atoms with van der Waals surface area (Å²) in [6.45, 7) is 6.40. The molecule has 3 aliphatic heterocycles. The molecule has 142 heavy (non-hydrogen) atoms. The molecule has 0 amide bonds. The topological polar surface area (TPSA) is 122 Å². The van der Waals surface area contributed by atoms with Gasteiger partial charge in [-0.05, 0) is 255 Å². The summed E-state index contributed by atoms with van der Waals surface area (Å²) in [4.78, 5) is 20.5. The molecule has 4 aromatic heterocycles. The molecule has 14 heteroatoms. The number of nitrogens with zero attached hydrogens (tertiary/aromatic N) is 8. The predicted octanol–water partition coefficient (Wildman–Crippen LogP) is 28.2. The van der Waals surface area contributed by atoms with Gasteiger partial charge in [0.2, 0.25) is 0 Å². The minimum absolute atomic E-state index is 0.761. The lowest BCUT2D eigenvalue weighted by Gasteiger charge is -2.29. The average molecular weight is 1880 g/mol. The molecule has 3 unspecified atom stereocenters. The molecule has 0 fully saturated rings. The molecule has 21 aromatic carbocycles. The van der Waals surface area contributed by atoms with Gasteiger partial charge in [-0.1, -0.05) is 336 Å². The van der Waals surface area contributed by atoms with E-state index < -0.39 is 21.4 Å². The zero-order chi connectivity index (χ0) is 95.1. The third kappa shape index (κ3) is 14.0. The summed E-state index contributed by atoms with van der Waals surface area (Å²) in [6, 6.07) is 160. The molecule has 0 radical (unpaired) electrons. The Morgan fingerprint density at radius 2 is 0.465 bits per heavy atom. The van der Waals surface area contributed by atoms with Crippen LogP contribution in [0, 0.1) is 0 Å². The second-order valence-corrected chi connectivity index (χ2v) is 45.1. The summed E-state index contributed by atoms with van der Waals surface area (Å²) in [5, 5.41) is 17.3. The van der Waals surface area contributed by atoms with Gasteiger partial charge in [0.25, 0.3) is 0 Å². The quantitative estimate of drug-likeness (QED) is 0.0994. The van der Waals surface area contributed by atoms with E-state index >= 15 is 13.7 Å². The Morgan fingerprint density at radius 3 is 0.838 bits per heavy atom. The van der Waals surface area contributed by atoms with E-state index in [0.717, 1.165) is 218 Å². The largest absolute Gasteiger partial charge is 0.308 e. The highest BCUT2D eigenvalue weighted by molar-refractivity contribution is 7.87.